The lowest BCUT2D eigenvalue weighted by Crippen LogP contribution is -2.23. The van der Waals surface area contributed by atoms with Gasteiger partial charge in [-0.05, 0) is 18.3 Å². The van der Waals surface area contributed by atoms with E-state index in [9.17, 15) is 0 Å². The molecule has 0 saturated carbocycles. The third-order valence-corrected chi connectivity index (χ3v) is 2.81. The van der Waals surface area contributed by atoms with Crippen molar-refractivity contribution in [2.75, 3.05) is 0 Å². The van der Waals surface area contributed by atoms with Crippen molar-refractivity contribution in [1.29, 1.82) is 0 Å². The molecule has 0 N–H and O–H groups in total. The molecule has 0 amide bonds. The lowest BCUT2D eigenvalue weighted by atomic mass is 9.89. The summed E-state index contributed by atoms with van der Waals surface area (Å²) in [6.07, 6.45) is 4.23. The predicted octanol–water partition coefficient (Wildman–Crippen LogP) is 1.50. The molecule has 12 heavy (non-hydrogen) atoms. The average molecular weight is 165 g/mol. The van der Waals surface area contributed by atoms with Crippen molar-refractivity contribution in [3.05, 3.63) is 12.2 Å². The highest BCUT2D eigenvalue weighted by molar-refractivity contribution is 4.91. The molecule has 0 saturated heterocycles. The Labute approximate surface area is 72.8 Å². The molecule has 0 spiro atoms. The van der Waals surface area contributed by atoms with E-state index in [4.69, 9.17) is 0 Å². The minimum Gasteiger partial charge on any atom is -0.317 e. The zero-order valence-corrected chi connectivity index (χ0v) is 7.70. The normalized spacial score (nSPS) is 22.8. The summed E-state index contributed by atoms with van der Waals surface area (Å²) in [7, 11) is 0. The van der Waals surface area contributed by atoms with Gasteiger partial charge in [0, 0.05) is 13.0 Å². The minimum absolute atomic E-state index is 0.778. The Morgan fingerprint density at radius 2 is 2.42 bits per heavy atom. The van der Waals surface area contributed by atoms with Gasteiger partial charge in [0.1, 0.15) is 12.2 Å². The zero-order chi connectivity index (χ0) is 8.55. The second kappa shape index (κ2) is 2.88. The third kappa shape index (κ3) is 1.24. The molecule has 3 heteroatoms. The molecule has 2 rings (SSSR count). The van der Waals surface area contributed by atoms with Gasteiger partial charge >= 0.3 is 0 Å². The van der Waals surface area contributed by atoms with Gasteiger partial charge in [-0.15, -0.1) is 10.2 Å². The van der Waals surface area contributed by atoms with E-state index in [0.717, 1.165) is 30.6 Å². The Hall–Kier alpha value is -0.860. The van der Waals surface area contributed by atoms with E-state index < -0.39 is 0 Å². The molecule has 0 bridgehead atoms. The van der Waals surface area contributed by atoms with E-state index in [1.807, 2.05) is 6.33 Å². The SMILES string of the molecule is CC(C)C1CCc2nncn2C1. The highest BCUT2D eigenvalue weighted by Gasteiger charge is 2.21. The van der Waals surface area contributed by atoms with Crippen LogP contribution in [0.3, 0.4) is 0 Å². The van der Waals surface area contributed by atoms with Crippen molar-refractivity contribution in [3.8, 4) is 0 Å². The maximum absolute atomic E-state index is 4.06. The highest BCUT2D eigenvalue weighted by atomic mass is 15.3. The fraction of sp³-hybridized carbons (Fsp3) is 0.778. The summed E-state index contributed by atoms with van der Waals surface area (Å²) in [6, 6.07) is 0. The maximum atomic E-state index is 4.06. The first-order chi connectivity index (χ1) is 5.77. The zero-order valence-electron chi connectivity index (χ0n) is 7.70. The fourth-order valence-electron chi connectivity index (χ4n) is 1.83. The van der Waals surface area contributed by atoms with Gasteiger partial charge < -0.3 is 4.57 Å². The molecule has 1 aliphatic heterocycles. The van der Waals surface area contributed by atoms with Gasteiger partial charge in [-0.1, -0.05) is 13.8 Å². The summed E-state index contributed by atoms with van der Waals surface area (Å²) >= 11 is 0. The summed E-state index contributed by atoms with van der Waals surface area (Å²) in [6.45, 7) is 5.69. The first kappa shape index (κ1) is 7.77. The van der Waals surface area contributed by atoms with Gasteiger partial charge in [0.05, 0.1) is 0 Å². The lowest BCUT2D eigenvalue weighted by molar-refractivity contribution is 0.282. The van der Waals surface area contributed by atoms with Crippen LogP contribution in [0.2, 0.25) is 0 Å². The Bertz CT molecular complexity index is 264. The maximum Gasteiger partial charge on any atom is 0.132 e. The topological polar surface area (TPSA) is 30.7 Å². The van der Waals surface area contributed by atoms with Crippen LogP contribution in [0, 0.1) is 11.8 Å². The van der Waals surface area contributed by atoms with Crippen molar-refractivity contribution in [3.63, 3.8) is 0 Å². The first-order valence-corrected chi connectivity index (χ1v) is 4.64. The summed E-state index contributed by atoms with van der Waals surface area (Å²) < 4.78 is 2.19. The van der Waals surface area contributed by atoms with Crippen LogP contribution < -0.4 is 0 Å². The number of nitrogens with zero attached hydrogens (tertiary/aromatic N) is 3. The highest BCUT2D eigenvalue weighted by Crippen LogP contribution is 2.24. The first-order valence-electron chi connectivity index (χ1n) is 4.64. The molecule has 1 aliphatic rings. The number of hydrogen-bond acceptors (Lipinski definition) is 2. The fourth-order valence-corrected chi connectivity index (χ4v) is 1.83. The van der Waals surface area contributed by atoms with Gasteiger partial charge in [0.25, 0.3) is 0 Å². The molecule has 1 aromatic rings. The van der Waals surface area contributed by atoms with Crippen LogP contribution in [0.5, 0.6) is 0 Å². The predicted molar refractivity (Wildman–Crippen MR) is 46.7 cm³/mol. The molecule has 66 valence electrons. The molecule has 1 aromatic heterocycles. The number of hydrogen-bond donors (Lipinski definition) is 0. The largest absolute Gasteiger partial charge is 0.317 e. The summed E-state index contributed by atoms with van der Waals surface area (Å²) in [5.74, 6) is 2.75. The van der Waals surface area contributed by atoms with Crippen LogP contribution in [0.1, 0.15) is 26.1 Å². The van der Waals surface area contributed by atoms with Crippen LogP contribution in [0.15, 0.2) is 6.33 Å². The molecule has 2 heterocycles. The Morgan fingerprint density at radius 1 is 1.58 bits per heavy atom. The molecule has 0 aliphatic carbocycles. The lowest BCUT2D eigenvalue weighted by Gasteiger charge is -2.25. The van der Waals surface area contributed by atoms with Crippen LogP contribution in [0.25, 0.3) is 0 Å². The second-order valence-electron chi connectivity index (χ2n) is 3.94. The second-order valence-corrected chi connectivity index (χ2v) is 3.94. The molecule has 0 aromatic carbocycles. The number of rotatable bonds is 1. The standard InChI is InChI=1S/C9H15N3/c1-7(2)8-3-4-9-11-10-6-12(9)5-8/h6-8H,3-5H2,1-2H3. The van der Waals surface area contributed by atoms with Crippen molar-refractivity contribution in [2.24, 2.45) is 11.8 Å². The number of fused-ring (bicyclic) bond motifs is 1. The summed E-state index contributed by atoms with van der Waals surface area (Å²) in [5.41, 5.74) is 0. The molecular formula is C9H15N3. The summed E-state index contributed by atoms with van der Waals surface area (Å²) in [5, 5.41) is 7.97. The van der Waals surface area contributed by atoms with Crippen molar-refractivity contribution >= 4 is 0 Å². The molecule has 1 unspecified atom stereocenters. The molecule has 3 nitrogen and oxygen atoms in total. The van der Waals surface area contributed by atoms with Crippen molar-refractivity contribution in [1.82, 2.24) is 14.8 Å². The Balaban J connectivity index is 2.15. The third-order valence-electron chi connectivity index (χ3n) is 2.81. The van der Waals surface area contributed by atoms with Gasteiger partial charge in [-0.25, -0.2) is 0 Å². The van der Waals surface area contributed by atoms with Gasteiger partial charge in [0.2, 0.25) is 0 Å². The Kier molecular flexibility index (Phi) is 1.87. The van der Waals surface area contributed by atoms with E-state index in [0.29, 0.717) is 0 Å². The smallest absolute Gasteiger partial charge is 0.132 e. The summed E-state index contributed by atoms with van der Waals surface area (Å²) in [4.78, 5) is 0. The van der Waals surface area contributed by atoms with E-state index in [2.05, 4.69) is 28.6 Å². The number of aromatic nitrogens is 3. The number of aryl methyl sites for hydroxylation is 1. The average Bonchev–Trinajstić information content (AvgIpc) is 2.49. The molecular weight excluding hydrogens is 150 g/mol. The molecule has 0 radical (unpaired) electrons. The van der Waals surface area contributed by atoms with E-state index in [1.165, 1.54) is 6.42 Å². The minimum atomic E-state index is 0.778. The van der Waals surface area contributed by atoms with E-state index in [-0.39, 0.29) is 0 Å². The van der Waals surface area contributed by atoms with Crippen LogP contribution in [0.4, 0.5) is 0 Å². The van der Waals surface area contributed by atoms with Crippen molar-refractivity contribution in [2.45, 2.75) is 33.2 Å². The molecule has 1 atom stereocenters. The Morgan fingerprint density at radius 3 is 3.17 bits per heavy atom. The van der Waals surface area contributed by atoms with E-state index >= 15 is 0 Å². The molecule has 0 fully saturated rings. The quantitative estimate of drug-likeness (QED) is 0.631. The van der Waals surface area contributed by atoms with Crippen molar-refractivity contribution < 1.29 is 0 Å². The van der Waals surface area contributed by atoms with Gasteiger partial charge in [-0.3, -0.25) is 0 Å². The van der Waals surface area contributed by atoms with Crippen LogP contribution in [-0.2, 0) is 13.0 Å². The monoisotopic (exact) mass is 165 g/mol. The van der Waals surface area contributed by atoms with E-state index in [1.54, 1.807) is 0 Å². The van der Waals surface area contributed by atoms with Gasteiger partial charge in [-0.2, -0.15) is 0 Å². The van der Waals surface area contributed by atoms with Crippen LogP contribution >= 0.6 is 0 Å². The van der Waals surface area contributed by atoms with Gasteiger partial charge in [0.15, 0.2) is 0 Å². The van der Waals surface area contributed by atoms with Crippen LogP contribution in [-0.4, -0.2) is 14.8 Å².